The van der Waals surface area contributed by atoms with Gasteiger partial charge in [0.2, 0.25) is 0 Å². The van der Waals surface area contributed by atoms with Crippen molar-refractivity contribution in [2.45, 2.75) is 6.92 Å². The molecule has 0 fully saturated rings. The van der Waals surface area contributed by atoms with E-state index >= 15 is 0 Å². The third-order valence-corrected chi connectivity index (χ3v) is 4.57. The third-order valence-electron chi connectivity index (χ3n) is 4.16. The molecule has 2 aromatic carbocycles. The minimum absolute atomic E-state index is 0.450. The number of benzene rings is 2. The number of aromatic amines is 1. The van der Waals surface area contributed by atoms with Gasteiger partial charge >= 0.3 is 0 Å². The number of hydrogen-bond acceptors (Lipinski definition) is 4. The number of hydrogen-bond donors (Lipinski definition) is 2. The van der Waals surface area contributed by atoms with E-state index in [4.69, 9.17) is 17.3 Å². The van der Waals surface area contributed by atoms with E-state index in [0.717, 1.165) is 43.7 Å². The van der Waals surface area contributed by atoms with Gasteiger partial charge in [-0.2, -0.15) is 5.10 Å². The summed E-state index contributed by atoms with van der Waals surface area (Å²) >= 11 is 6.31. The maximum atomic E-state index is 6.31. The van der Waals surface area contributed by atoms with Crippen molar-refractivity contribution >= 4 is 28.3 Å². The molecule has 2 aromatic heterocycles. The smallest absolute Gasteiger partial charge is 0.134 e. The fourth-order valence-electron chi connectivity index (χ4n) is 2.87. The first-order valence-electron chi connectivity index (χ1n) is 7.44. The van der Waals surface area contributed by atoms with Crippen molar-refractivity contribution in [2.24, 2.45) is 0 Å². The van der Waals surface area contributed by atoms with Crippen LogP contribution in [0.1, 0.15) is 5.56 Å². The Bertz CT molecular complexity index is 1040. The van der Waals surface area contributed by atoms with Crippen molar-refractivity contribution in [3.63, 3.8) is 0 Å². The van der Waals surface area contributed by atoms with E-state index in [0.29, 0.717) is 5.82 Å². The number of nitrogens with one attached hydrogen (secondary N) is 1. The molecule has 5 nitrogen and oxygen atoms in total. The predicted molar refractivity (Wildman–Crippen MR) is 96.7 cm³/mol. The number of halogens is 1. The Hall–Kier alpha value is -2.92. The molecule has 24 heavy (non-hydrogen) atoms. The van der Waals surface area contributed by atoms with Crippen LogP contribution in [0.15, 0.2) is 49.1 Å². The van der Waals surface area contributed by atoms with Gasteiger partial charge in [0.05, 0.1) is 11.7 Å². The van der Waals surface area contributed by atoms with E-state index in [2.05, 4.69) is 26.2 Å². The molecule has 0 unspecified atom stereocenters. The minimum atomic E-state index is 0.450. The molecule has 0 aliphatic heterocycles. The van der Waals surface area contributed by atoms with E-state index in [1.807, 2.05) is 37.4 Å². The summed E-state index contributed by atoms with van der Waals surface area (Å²) in [5.74, 6) is 0.450. The zero-order valence-corrected chi connectivity index (χ0v) is 13.7. The standard InChI is InChI=1S/C18H14ClN5/c1-10-13(3-2-4-16(10)19)14-5-11(12-7-23-24-8-12)6-15-17(14)21-9-22-18(15)20/h2-9H,1H3,(H,23,24)(H2,20,21,22). The molecular weight excluding hydrogens is 322 g/mol. The maximum Gasteiger partial charge on any atom is 0.134 e. The summed E-state index contributed by atoms with van der Waals surface area (Å²) < 4.78 is 0. The third kappa shape index (κ3) is 2.30. The average Bonchev–Trinajstić information content (AvgIpc) is 3.12. The van der Waals surface area contributed by atoms with E-state index in [9.17, 15) is 0 Å². The Morgan fingerprint density at radius 1 is 1.08 bits per heavy atom. The first kappa shape index (κ1) is 14.7. The highest BCUT2D eigenvalue weighted by Crippen LogP contribution is 2.37. The van der Waals surface area contributed by atoms with Crippen molar-refractivity contribution in [2.75, 3.05) is 5.73 Å². The monoisotopic (exact) mass is 335 g/mol. The van der Waals surface area contributed by atoms with E-state index in [1.165, 1.54) is 6.33 Å². The van der Waals surface area contributed by atoms with Crippen molar-refractivity contribution in [1.29, 1.82) is 0 Å². The van der Waals surface area contributed by atoms with Crippen LogP contribution in [0.25, 0.3) is 33.2 Å². The molecule has 0 radical (unpaired) electrons. The van der Waals surface area contributed by atoms with Gasteiger partial charge in [-0.05, 0) is 41.8 Å². The second-order valence-electron chi connectivity index (χ2n) is 5.58. The van der Waals surface area contributed by atoms with Crippen LogP contribution in [0.3, 0.4) is 0 Å². The molecule has 4 rings (SSSR count). The summed E-state index contributed by atoms with van der Waals surface area (Å²) in [6, 6.07) is 9.92. The predicted octanol–water partition coefficient (Wildman–Crippen LogP) is 4.23. The van der Waals surface area contributed by atoms with Crippen LogP contribution < -0.4 is 5.73 Å². The molecule has 118 valence electrons. The quantitative estimate of drug-likeness (QED) is 0.574. The molecular formula is C18H14ClN5. The zero-order chi connectivity index (χ0) is 16.7. The van der Waals surface area contributed by atoms with Crippen LogP contribution >= 0.6 is 11.6 Å². The first-order valence-corrected chi connectivity index (χ1v) is 7.82. The summed E-state index contributed by atoms with van der Waals surface area (Å²) in [5, 5.41) is 8.39. The molecule has 6 heteroatoms. The first-order chi connectivity index (χ1) is 11.6. The van der Waals surface area contributed by atoms with Gasteiger partial charge in [0.1, 0.15) is 12.1 Å². The molecule has 0 atom stereocenters. The SMILES string of the molecule is Cc1c(Cl)cccc1-c1cc(-c2cn[nH]c2)cc2c(N)ncnc12. The van der Waals surface area contributed by atoms with Crippen LogP contribution in [-0.4, -0.2) is 20.2 Å². The Balaban J connectivity index is 2.10. The lowest BCUT2D eigenvalue weighted by molar-refractivity contribution is 1.09. The fraction of sp³-hybridized carbons (Fsp3) is 0.0556. The lowest BCUT2D eigenvalue weighted by Gasteiger charge is -2.13. The fourth-order valence-corrected chi connectivity index (χ4v) is 3.04. The van der Waals surface area contributed by atoms with Crippen molar-refractivity contribution in [3.05, 3.63) is 59.6 Å². The molecule has 0 spiro atoms. The molecule has 4 aromatic rings. The maximum absolute atomic E-state index is 6.31. The van der Waals surface area contributed by atoms with Crippen molar-refractivity contribution in [1.82, 2.24) is 20.2 Å². The Kier molecular flexibility index (Phi) is 3.43. The van der Waals surface area contributed by atoms with E-state index < -0.39 is 0 Å². The van der Waals surface area contributed by atoms with Gasteiger partial charge in [0, 0.05) is 27.7 Å². The zero-order valence-electron chi connectivity index (χ0n) is 12.9. The number of anilines is 1. The molecule has 0 aliphatic carbocycles. The highest BCUT2D eigenvalue weighted by Gasteiger charge is 2.14. The van der Waals surface area contributed by atoms with Crippen molar-refractivity contribution < 1.29 is 0 Å². The number of H-pyrrole nitrogens is 1. The van der Waals surface area contributed by atoms with Crippen LogP contribution in [0.4, 0.5) is 5.82 Å². The summed E-state index contributed by atoms with van der Waals surface area (Å²) in [7, 11) is 0. The highest BCUT2D eigenvalue weighted by atomic mass is 35.5. The van der Waals surface area contributed by atoms with E-state index in [-0.39, 0.29) is 0 Å². The summed E-state index contributed by atoms with van der Waals surface area (Å²) in [6.45, 7) is 2.00. The molecule has 0 bridgehead atoms. The van der Waals surface area contributed by atoms with Crippen LogP contribution in [-0.2, 0) is 0 Å². The normalized spacial score (nSPS) is 11.1. The van der Waals surface area contributed by atoms with Crippen LogP contribution in [0.5, 0.6) is 0 Å². The lowest BCUT2D eigenvalue weighted by atomic mass is 9.94. The number of rotatable bonds is 2. The number of nitrogen functional groups attached to an aromatic ring is 1. The second kappa shape index (κ2) is 5.62. The highest BCUT2D eigenvalue weighted by molar-refractivity contribution is 6.31. The van der Waals surface area contributed by atoms with Gasteiger partial charge in [-0.3, -0.25) is 5.10 Å². The summed E-state index contributed by atoms with van der Waals surface area (Å²) in [6.07, 6.45) is 5.10. The number of nitrogens with two attached hydrogens (primary N) is 1. The van der Waals surface area contributed by atoms with E-state index in [1.54, 1.807) is 6.20 Å². The van der Waals surface area contributed by atoms with Gasteiger partial charge in [0.15, 0.2) is 0 Å². The molecule has 0 saturated carbocycles. The van der Waals surface area contributed by atoms with Gasteiger partial charge in [-0.25, -0.2) is 9.97 Å². The minimum Gasteiger partial charge on any atom is -0.383 e. The molecule has 0 amide bonds. The Morgan fingerprint density at radius 2 is 1.96 bits per heavy atom. The molecule has 0 saturated heterocycles. The number of aromatic nitrogens is 4. The average molecular weight is 336 g/mol. The van der Waals surface area contributed by atoms with Crippen LogP contribution in [0, 0.1) is 6.92 Å². The van der Waals surface area contributed by atoms with Crippen LogP contribution in [0.2, 0.25) is 5.02 Å². The summed E-state index contributed by atoms with van der Waals surface area (Å²) in [5.41, 5.74) is 11.9. The molecule has 0 aliphatic rings. The second-order valence-corrected chi connectivity index (χ2v) is 5.99. The topological polar surface area (TPSA) is 80.5 Å². The van der Waals surface area contributed by atoms with Crippen molar-refractivity contribution in [3.8, 4) is 22.3 Å². The number of fused-ring (bicyclic) bond motifs is 1. The van der Waals surface area contributed by atoms with Gasteiger partial charge in [-0.1, -0.05) is 23.7 Å². The lowest BCUT2D eigenvalue weighted by Crippen LogP contribution is -1.96. The summed E-state index contributed by atoms with van der Waals surface area (Å²) in [4.78, 5) is 8.58. The van der Waals surface area contributed by atoms with Gasteiger partial charge in [0.25, 0.3) is 0 Å². The largest absolute Gasteiger partial charge is 0.383 e. The molecule has 3 N–H and O–H groups in total. The number of nitrogens with zero attached hydrogens (tertiary/aromatic N) is 3. The van der Waals surface area contributed by atoms with Gasteiger partial charge < -0.3 is 5.73 Å². The van der Waals surface area contributed by atoms with Gasteiger partial charge in [-0.15, -0.1) is 0 Å². The molecule has 2 heterocycles. The Morgan fingerprint density at radius 3 is 2.75 bits per heavy atom. The Labute approximate surface area is 143 Å².